The third kappa shape index (κ3) is 7.31. The van der Waals surface area contributed by atoms with E-state index in [4.69, 9.17) is 0 Å². The third-order valence-electron chi connectivity index (χ3n) is 8.14. The van der Waals surface area contributed by atoms with E-state index in [9.17, 15) is 14.4 Å². The van der Waals surface area contributed by atoms with Gasteiger partial charge in [-0.2, -0.15) is 0 Å². The van der Waals surface area contributed by atoms with Crippen molar-refractivity contribution in [1.82, 2.24) is 10.2 Å². The number of carbonyl (C=O) groups is 1. The maximum atomic E-state index is 12.9. The first-order valence-electron chi connectivity index (χ1n) is 14.6. The fourth-order valence-corrected chi connectivity index (χ4v) is 10.1. The second kappa shape index (κ2) is 14.2. The molecule has 0 saturated heterocycles. The van der Waals surface area contributed by atoms with Gasteiger partial charge in [-0.15, -0.1) is 0 Å². The average Bonchev–Trinajstić information content (AvgIpc) is 2.99. The Hall–Kier alpha value is -3.60. The van der Waals surface area contributed by atoms with Crippen LogP contribution in [0, 0.1) is 20.8 Å². The molecule has 7 heteroatoms. The van der Waals surface area contributed by atoms with Gasteiger partial charge >= 0.3 is 0 Å². The van der Waals surface area contributed by atoms with E-state index >= 15 is 0 Å². The third-order valence-corrected chi connectivity index (χ3v) is 12.7. The monoisotopic (exact) mass is 656 g/mol. The van der Waals surface area contributed by atoms with E-state index in [2.05, 4.69) is 104 Å². The number of nitrogens with one attached hydrogen (secondary N) is 2. The molecule has 0 atom stereocenters. The van der Waals surface area contributed by atoms with E-state index in [1.165, 1.54) is 32.6 Å². The molecule has 0 saturated carbocycles. The summed E-state index contributed by atoms with van der Waals surface area (Å²) in [5.41, 5.74) is 3.82. The number of unbranched alkanes of at least 4 members (excludes halogenated alkanes) is 2. The van der Waals surface area contributed by atoms with Gasteiger partial charge < -0.3 is 17.0 Å². The number of carbonyl (C=O) groups excluding carboxylic acids is 1. The molecule has 1 heterocycles. The first-order chi connectivity index (χ1) is 20.3. The quantitative estimate of drug-likeness (QED) is 0.170. The lowest BCUT2D eigenvalue weighted by Crippen LogP contribution is -3.00. The highest BCUT2D eigenvalue weighted by atomic mass is 79.9. The van der Waals surface area contributed by atoms with Gasteiger partial charge in [-0.3, -0.25) is 24.6 Å². The van der Waals surface area contributed by atoms with Gasteiger partial charge in [0.15, 0.2) is 0 Å². The lowest BCUT2D eigenvalue weighted by molar-refractivity contribution is -0.118. The number of aromatic nitrogens is 2. The van der Waals surface area contributed by atoms with E-state index in [0.29, 0.717) is 17.2 Å². The molecule has 0 radical (unpaired) electrons. The van der Waals surface area contributed by atoms with Crippen LogP contribution in [-0.2, 0) is 11.2 Å². The highest BCUT2D eigenvalue weighted by Crippen LogP contribution is 2.56. The summed E-state index contributed by atoms with van der Waals surface area (Å²) in [4.78, 5) is 37.0. The molecule has 0 aliphatic heterocycles. The predicted octanol–water partition coefficient (Wildman–Crippen LogP) is 2.81. The molecular formula is C36H38BrN2O3P. The van der Waals surface area contributed by atoms with Crippen LogP contribution in [0.4, 0.5) is 0 Å². The summed E-state index contributed by atoms with van der Waals surface area (Å²) < 4.78 is 0. The van der Waals surface area contributed by atoms with E-state index in [1.807, 2.05) is 0 Å². The van der Waals surface area contributed by atoms with Crippen molar-refractivity contribution in [2.45, 2.75) is 52.9 Å². The summed E-state index contributed by atoms with van der Waals surface area (Å²) >= 11 is 0. The number of fused-ring (bicyclic) bond motifs is 1. The Morgan fingerprint density at radius 1 is 0.605 bits per heavy atom. The molecule has 5 aromatic rings. The van der Waals surface area contributed by atoms with Crippen LogP contribution in [0.3, 0.4) is 0 Å². The standard InChI is InChI=1S/C36H37N2O3P.BrH/c1-25-8-15-30(16-9-25)42(31-17-10-26(2)11-18-31,32-19-12-27(3)13-20-32)22-6-4-5-7-29(39)23-28-14-21-33-34(24-28)36(41)38-37-35(33)40;/h8-21,24H,4-7,22-23H2,1-3H3,(H-,37,38,40,41);1H. The van der Waals surface area contributed by atoms with E-state index in [1.54, 1.807) is 18.2 Å². The molecule has 0 amide bonds. The van der Waals surface area contributed by atoms with Crippen molar-refractivity contribution in [2.75, 3.05) is 6.16 Å². The minimum absolute atomic E-state index is 0. The Labute approximate surface area is 263 Å². The summed E-state index contributed by atoms with van der Waals surface area (Å²) in [6.07, 6.45) is 4.60. The summed E-state index contributed by atoms with van der Waals surface area (Å²) in [5.74, 6) is 0.146. The second-order valence-corrected chi connectivity index (χ2v) is 15.0. The summed E-state index contributed by atoms with van der Waals surface area (Å²) in [7, 11) is -1.91. The Bertz CT molecular complexity index is 1700. The summed E-state index contributed by atoms with van der Waals surface area (Å²) in [6.45, 7) is 6.40. The zero-order chi connectivity index (χ0) is 29.7. The fraction of sp³-hybridized carbons (Fsp3) is 0.250. The highest BCUT2D eigenvalue weighted by molar-refractivity contribution is 7.95. The predicted molar refractivity (Wildman–Crippen MR) is 177 cm³/mol. The zero-order valence-corrected chi connectivity index (χ0v) is 27.4. The topological polar surface area (TPSA) is 82.8 Å². The van der Waals surface area contributed by atoms with Crippen LogP contribution in [0.2, 0.25) is 0 Å². The first kappa shape index (κ1) is 32.3. The number of H-pyrrole nitrogens is 2. The number of benzene rings is 4. The maximum Gasteiger partial charge on any atom is 0.270 e. The number of hydrogen-bond donors (Lipinski definition) is 2. The van der Waals surface area contributed by atoms with Crippen LogP contribution in [0.15, 0.2) is 101 Å². The van der Waals surface area contributed by atoms with Gasteiger partial charge in [0.1, 0.15) is 29.0 Å². The zero-order valence-electron chi connectivity index (χ0n) is 25.0. The van der Waals surface area contributed by atoms with Crippen molar-refractivity contribution < 1.29 is 21.8 Å². The molecule has 0 unspecified atom stereocenters. The summed E-state index contributed by atoms with van der Waals surface area (Å²) in [6, 6.07) is 32.3. The smallest absolute Gasteiger partial charge is 0.270 e. The minimum atomic E-state index is -1.91. The molecule has 5 nitrogen and oxygen atoms in total. The highest BCUT2D eigenvalue weighted by Gasteiger charge is 2.44. The number of halogens is 1. The Balaban J connectivity index is 0.00000423. The normalized spacial score (nSPS) is 11.3. The maximum absolute atomic E-state index is 12.9. The number of Topliss-reactive ketones (excluding diaryl/α,β-unsaturated/α-hetero) is 1. The molecule has 5 rings (SSSR count). The van der Waals surface area contributed by atoms with Crippen molar-refractivity contribution >= 4 is 39.7 Å². The van der Waals surface area contributed by atoms with Crippen LogP contribution in [0.5, 0.6) is 0 Å². The Morgan fingerprint density at radius 3 is 1.56 bits per heavy atom. The Kier molecular flexibility index (Phi) is 10.7. The SMILES string of the molecule is Cc1ccc([P+](CCCCCC(=O)Cc2ccc3c(=O)[nH][nH]c(=O)c3c2)(c2ccc(C)cc2)c2ccc(C)cc2)cc1.[Br-]. The van der Waals surface area contributed by atoms with Gasteiger partial charge in [0, 0.05) is 12.8 Å². The van der Waals surface area contributed by atoms with Gasteiger partial charge in [-0.05, 0) is 94.1 Å². The van der Waals surface area contributed by atoms with Gasteiger partial charge in [-0.25, -0.2) is 0 Å². The fourth-order valence-electron chi connectivity index (χ4n) is 5.73. The lowest BCUT2D eigenvalue weighted by Gasteiger charge is -2.28. The molecule has 222 valence electrons. The Morgan fingerprint density at radius 2 is 1.07 bits per heavy atom. The molecule has 0 fully saturated rings. The molecule has 0 spiro atoms. The second-order valence-electron chi connectivity index (χ2n) is 11.4. The largest absolute Gasteiger partial charge is 1.00 e. The number of aromatic amines is 2. The molecule has 0 aliphatic rings. The minimum Gasteiger partial charge on any atom is -1.00 e. The van der Waals surface area contributed by atoms with Gasteiger partial charge in [0.25, 0.3) is 11.1 Å². The summed E-state index contributed by atoms with van der Waals surface area (Å²) in [5, 5.41) is 9.50. The molecule has 4 aromatic carbocycles. The van der Waals surface area contributed by atoms with Crippen molar-refractivity contribution in [2.24, 2.45) is 0 Å². The number of ketones is 1. The van der Waals surface area contributed by atoms with E-state index < -0.39 is 7.26 Å². The van der Waals surface area contributed by atoms with Gasteiger partial charge in [-0.1, -0.05) is 59.2 Å². The number of rotatable bonds is 11. The molecule has 2 N–H and O–H groups in total. The van der Waals surface area contributed by atoms with Crippen LogP contribution in [0.1, 0.15) is 47.9 Å². The van der Waals surface area contributed by atoms with Crippen molar-refractivity contribution in [3.05, 3.63) is 134 Å². The van der Waals surface area contributed by atoms with Crippen molar-refractivity contribution in [3.8, 4) is 0 Å². The van der Waals surface area contributed by atoms with Crippen LogP contribution in [-0.4, -0.2) is 22.1 Å². The van der Waals surface area contributed by atoms with Crippen LogP contribution < -0.4 is 44.0 Å². The van der Waals surface area contributed by atoms with Crippen LogP contribution >= 0.6 is 7.26 Å². The molecule has 0 aliphatic carbocycles. The molecule has 0 bridgehead atoms. The van der Waals surface area contributed by atoms with Crippen molar-refractivity contribution in [1.29, 1.82) is 0 Å². The lowest BCUT2D eigenvalue weighted by atomic mass is 10.0. The van der Waals surface area contributed by atoms with Gasteiger partial charge in [0.2, 0.25) is 0 Å². The van der Waals surface area contributed by atoms with Gasteiger partial charge in [0.05, 0.1) is 16.9 Å². The van der Waals surface area contributed by atoms with E-state index in [0.717, 1.165) is 31.0 Å². The number of hydrogen-bond acceptors (Lipinski definition) is 3. The molecule has 43 heavy (non-hydrogen) atoms. The molecule has 1 aromatic heterocycles. The van der Waals surface area contributed by atoms with Crippen LogP contribution in [0.25, 0.3) is 10.8 Å². The molecular weight excluding hydrogens is 619 g/mol. The van der Waals surface area contributed by atoms with Crippen molar-refractivity contribution in [3.63, 3.8) is 0 Å². The average molecular weight is 658 g/mol. The first-order valence-corrected chi connectivity index (χ1v) is 16.6. The number of aryl methyl sites for hydroxylation is 3. The van der Waals surface area contributed by atoms with E-state index in [-0.39, 0.29) is 40.3 Å².